The lowest BCUT2D eigenvalue weighted by Gasteiger charge is -2.16. The molecule has 0 saturated heterocycles. The van der Waals surface area contributed by atoms with Crippen LogP contribution in [0.1, 0.15) is 36.7 Å². The van der Waals surface area contributed by atoms with E-state index in [1.54, 1.807) is 19.2 Å². The lowest BCUT2D eigenvalue weighted by Crippen LogP contribution is -2.49. The number of hydrogen-bond acceptors (Lipinski definition) is 4. The van der Waals surface area contributed by atoms with Crippen molar-refractivity contribution in [2.45, 2.75) is 39.5 Å². The third kappa shape index (κ3) is 7.92. The van der Waals surface area contributed by atoms with Gasteiger partial charge < -0.3 is 14.8 Å². The predicted molar refractivity (Wildman–Crippen MR) is 94.0 cm³/mol. The van der Waals surface area contributed by atoms with Gasteiger partial charge in [-0.1, -0.05) is 12.1 Å². The van der Waals surface area contributed by atoms with Gasteiger partial charge in [-0.2, -0.15) is 0 Å². The molecule has 1 rings (SSSR count). The molecule has 3 N–H and O–H groups in total. The van der Waals surface area contributed by atoms with E-state index in [2.05, 4.69) is 16.2 Å². The molecule has 1 amide bonds. The molecule has 0 aliphatic rings. The van der Waals surface area contributed by atoms with Gasteiger partial charge in [-0.15, -0.1) is 0 Å². The van der Waals surface area contributed by atoms with Gasteiger partial charge in [-0.3, -0.25) is 15.6 Å². The second-order valence-electron chi connectivity index (χ2n) is 5.47. The summed E-state index contributed by atoms with van der Waals surface area (Å²) in [6.45, 7) is 6.95. The first-order valence-corrected chi connectivity index (χ1v) is 7.89. The van der Waals surface area contributed by atoms with Crippen molar-refractivity contribution in [3.05, 3.63) is 35.4 Å². The van der Waals surface area contributed by atoms with Crippen molar-refractivity contribution in [2.24, 2.45) is 0 Å². The molecule has 128 valence electrons. The summed E-state index contributed by atoms with van der Waals surface area (Å²) < 4.78 is 10.5. The van der Waals surface area contributed by atoms with Crippen LogP contribution in [-0.4, -0.2) is 36.9 Å². The predicted octanol–water partition coefficient (Wildman–Crippen LogP) is 1.76. The second-order valence-corrected chi connectivity index (χ2v) is 5.87. The number of amides is 1. The fourth-order valence-corrected chi connectivity index (χ4v) is 2.00. The van der Waals surface area contributed by atoms with Crippen LogP contribution in [0.5, 0.6) is 0 Å². The molecule has 0 saturated carbocycles. The van der Waals surface area contributed by atoms with Gasteiger partial charge >= 0.3 is 0 Å². The fraction of sp³-hybridized carbons (Fsp3) is 0.500. The zero-order valence-electron chi connectivity index (χ0n) is 14.0. The summed E-state index contributed by atoms with van der Waals surface area (Å²) in [7, 11) is 1.62. The Kier molecular flexibility index (Phi) is 8.53. The molecule has 0 aliphatic carbocycles. The summed E-state index contributed by atoms with van der Waals surface area (Å²) in [6, 6.07) is 7.29. The first kappa shape index (κ1) is 19.3. The van der Waals surface area contributed by atoms with Crippen molar-refractivity contribution in [1.29, 1.82) is 0 Å². The van der Waals surface area contributed by atoms with Crippen molar-refractivity contribution < 1.29 is 14.3 Å². The fourth-order valence-electron chi connectivity index (χ4n) is 1.75. The highest BCUT2D eigenvalue weighted by Crippen LogP contribution is 2.07. The second kappa shape index (κ2) is 10.1. The highest BCUT2D eigenvalue weighted by Gasteiger charge is 2.07. The highest BCUT2D eigenvalue weighted by molar-refractivity contribution is 7.80. The number of rotatable bonds is 7. The minimum atomic E-state index is -0.259. The van der Waals surface area contributed by atoms with Gasteiger partial charge in [0.05, 0.1) is 19.3 Å². The van der Waals surface area contributed by atoms with Gasteiger partial charge in [0, 0.05) is 18.7 Å². The number of carbonyl (C=O) groups is 1. The van der Waals surface area contributed by atoms with Crippen molar-refractivity contribution in [3.8, 4) is 0 Å². The molecule has 0 spiro atoms. The van der Waals surface area contributed by atoms with E-state index in [4.69, 9.17) is 21.7 Å². The Bertz CT molecular complexity index is 506. The van der Waals surface area contributed by atoms with Crippen molar-refractivity contribution in [2.75, 3.05) is 13.7 Å². The molecule has 1 aromatic rings. The number of carbonyl (C=O) groups excluding carboxylic acids is 1. The zero-order chi connectivity index (χ0) is 17.2. The molecule has 0 unspecified atom stereocenters. The first-order valence-electron chi connectivity index (χ1n) is 7.48. The van der Waals surface area contributed by atoms with Crippen LogP contribution >= 0.6 is 12.2 Å². The molecule has 23 heavy (non-hydrogen) atoms. The van der Waals surface area contributed by atoms with Crippen LogP contribution in [0.15, 0.2) is 24.3 Å². The summed E-state index contributed by atoms with van der Waals surface area (Å²) >= 11 is 5.08. The molecule has 0 aliphatic heterocycles. The van der Waals surface area contributed by atoms with Crippen molar-refractivity contribution in [1.82, 2.24) is 16.2 Å². The van der Waals surface area contributed by atoms with Crippen LogP contribution in [0.25, 0.3) is 0 Å². The summed E-state index contributed by atoms with van der Waals surface area (Å²) in [5.74, 6) is -0.259. The highest BCUT2D eigenvalue weighted by atomic mass is 32.1. The van der Waals surface area contributed by atoms with Gasteiger partial charge in [-0.05, 0) is 50.7 Å². The summed E-state index contributed by atoms with van der Waals surface area (Å²) in [6.07, 6.45) is 0.177. The summed E-state index contributed by atoms with van der Waals surface area (Å²) in [4.78, 5) is 12.0. The maximum Gasteiger partial charge on any atom is 0.269 e. The molecule has 7 heteroatoms. The Morgan fingerprint density at radius 1 is 1.17 bits per heavy atom. The minimum Gasteiger partial charge on any atom is -0.383 e. The number of benzene rings is 1. The van der Waals surface area contributed by atoms with Crippen molar-refractivity contribution in [3.63, 3.8) is 0 Å². The smallest absolute Gasteiger partial charge is 0.269 e. The van der Waals surface area contributed by atoms with E-state index in [-0.39, 0.29) is 18.1 Å². The number of ether oxygens (including phenoxy) is 2. The number of hydrogen-bond donors (Lipinski definition) is 3. The monoisotopic (exact) mass is 339 g/mol. The molecule has 6 nitrogen and oxygen atoms in total. The largest absolute Gasteiger partial charge is 0.383 e. The van der Waals surface area contributed by atoms with E-state index in [0.29, 0.717) is 23.9 Å². The van der Waals surface area contributed by atoms with Gasteiger partial charge in [0.25, 0.3) is 5.91 Å². The number of nitrogens with one attached hydrogen (secondary N) is 3. The Morgan fingerprint density at radius 3 is 2.39 bits per heavy atom. The van der Waals surface area contributed by atoms with E-state index in [9.17, 15) is 4.79 Å². The van der Waals surface area contributed by atoms with Crippen LogP contribution in [0.2, 0.25) is 0 Å². The molecule has 0 heterocycles. The molecule has 1 aromatic carbocycles. The van der Waals surface area contributed by atoms with E-state index < -0.39 is 0 Å². The molecule has 0 fully saturated rings. The average molecular weight is 339 g/mol. The maximum atomic E-state index is 12.0. The first-order chi connectivity index (χ1) is 10.9. The standard InChI is InChI=1S/C16H25N3O3S/c1-11(2)22-10-13-5-7-14(8-6-13)15(20)18-19-16(23)17-12(3)9-21-4/h5-8,11-12H,9-10H2,1-4H3,(H,18,20)(H2,17,19,23)/t12-/m1/s1. The van der Waals surface area contributed by atoms with Gasteiger partial charge in [0.1, 0.15) is 0 Å². The number of thiocarbonyl (C=S) groups is 1. The van der Waals surface area contributed by atoms with Crippen LogP contribution in [0, 0.1) is 0 Å². The lowest BCUT2D eigenvalue weighted by molar-refractivity contribution is 0.0656. The van der Waals surface area contributed by atoms with E-state index in [0.717, 1.165) is 5.56 Å². The SMILES string of the molecule is COC[C@@H](C)NC(=S)NNC(=O)c1ccc(COC(C)C)cc1. The van der Waals surface area contributed by atoms with Crippen LogP contribution in [0.4, 0.5) is 0 Å². The van der Waals surface area contributed by atoms with Crippen molar-refractivity contribution >= 4 is 23.2 Å². The Morgan fingerprint density at radius 2 is 1.83 bits per heavy atom. The molecule has 0 aromatic heterocycles. The quantitative estimate of drug-likeness (QED) is 0.519. The van der Waals surface area contributed by atoms with Gasteiger partial charge in [-0.25, -0.2) is 0 Å². The topological polar surface area (TPSA) is 71.6 Å². The minimum absolute atomic E-state index is 0.0529. The number of methoxy groups -OCH3 is 1. The maximum absolute atomic E-state index is 12.0. The van der Waals surface area contributed by atoms with E-state index in [1.165, 1.54) is 0 Å². The third-order valence-electron chi connectivity index (χ3n) is 2.88. The average Bonchev–Trinajstić information content (AvgIpc) is 2.51. The van der Waals surface area contributed by atoms with Crippen LogP contribution < -0.4 is 16.2 Å². The Hall–Kier alpha value is -1.70. The molecule has 0 radical (unpaired) electrons. The Labute approximate surface area is 142 Å². The normalized spacial score (nSPS) is 11.9. The lowest BCUT2D eigenvalue weighted by atomic mass is 10.1. The van der Waals surface area contributed by atoms with E-state index >= 15 is 0 Å². The van der Waals surface area contributed by atoms with E-state index in [1.807, 2.05) is 32.9 Å². The molecule has 1 atom stereocenters. The molecule has 0 bridgehead atoms. The zero-order valence-corrected chi connectivity index (χ0v) is 14.8. The summed E-state index contributed by atoms with van der Waals surface area (Å²) in [5.41, 5.74) is 6.78. The Balaban J connectivity index is 2.41. The van der Waals surface area contributed by atoms with Crippen LogP contribution in [-0.2, 0) is 16.1 Å². The summed E-state index contributed by atoms with van der Waals surface area (Å²) in [5, 5.41) is 3.33. The third-order valence-corrected chi connectivity index (χ3v) is 3.10. The molecular weight excluding hydrogens is 314 g/mol. The van der Waals surface area contributed by atoms with Gasteiger partial charge in [0.2, 0.25) is 0 Å². The number of hydrazine groups is 1. The molecular formula is C16H25N3O3S. The van der Waals surface area contributed by atoms with Gasteiger partial charge in [0.15, 0.2) is 5.11 Å². The van der Waals surface area contributed by atoms with Crippen LogP contribution in [0.3, 0.4) is 0 Å².